The summed E-state index contributed by atoms with van der Waals surface area (Å²) in [6.07, 6.45) is 1.38. The van der Waals surface area contributed by atoms with Gasteiger partial charge in [0.15, 0.2) is 10.8 Å². The van der Waals surface area contributed by atoms with Gasteiger partial charge in [-0.05, 0) is 35.0 Å². The van der Waals surface area contributed by atoms with E-state index in [9.17, 15) is 9.18 Å². The number of halogens is 2. The fraction of sp³-hybridized carbons (Fsp3) is 0.182. The Kier molecular flexibility index (Phi) is 4.11. The van der Waals surface area contributed by atoms with E-state index < -0.39 is 5.91 Å². The molecule has 0 aliphatic heterocycles. The number of hydrogen-bond acceptors (Lipinski definition) is 4. The molecule has 0 saturated heterocycles. The highest BCUT2D eigenvalue weighted by Crippen LogP contribution is 2.19. The van der Waals surface area contributed by atoms with E-state index in [0.29, 0.717) is 9.35 Å². The molecule has 0 aliphatic rings. The molecule has 2 aromatic rings. The molecule has 1 amide bonds. The van der Waals surface area contributed by atoms with E-state index in [2.05, 4.69) is 31.6 Å². The molecule has 2 rings (SSSR count). The van der Waals surface area contributed by atoms with Crippen molar-refractivity contribution in [2.75, 3.05) is 0 Å². The highest BCUT2D eigenvalue weighted by molar-refractivity contribution is 9.10. The Bertz CT molecular complexity index is 649. The van der Waals surface area contributed by atoms with Crippen LogP contribution in [0.2, 0.25) is 0 Å². The highest BCUT2D eigenvalue weighted by Gasteiger charge is 2.16. The van der Waals surface area contributed by atoms with Crippen molar-refractivity contribution in [1.29, 1.82) is 0 Å². The fourth-order valence-electron chi connectivity index (χ4n) is 1.33. The summed E-state index contributed by atoms with van der Waals surface area (Å²) in [4.78, 5) is 12.4. The average molecular weight is 345 g/mol. The molecule has 5 nitrogen and oxygen atoms in total. The molecule has 0 bridgehead atoms. The van der Waals surface area contributed by atoms with Crippen LogP contribution >= 0.6 is 27.3 Å². The summed E-state index contributed by atoms with van der Waals surface area (Å²) in [5.74, 6) is -0.427. The summed E-state index contributed by atoms with van der Waals surface area (Å²) in [5.41, 5.74) is 3.45. The van der Waals surface area contributed by atoms with Gasteiger partial charge in [-0.3, -0.25) is 9.48 Å². The topological polar surface area (TPSA) is 59.3 Å². The molecule has 0 fully saturated rings. The normalized spacial score (nSPS) is 11.2. The standard InChI is InChI=1S/C11H10BrFN4OS/c1-6-9(12)10(16-17(6)2)11(18)15-14-5-7-3-4-8(13)19-7/h3-5H,1-2H3,(H,15,18)/b14-5+. The zero-order valence-corrected chi connectivity index (χ0v) is 12.5. The number of nitrogens with one attached hydrogen (secondary N) is 1. The number of amides is 1. The first kappa shape index (κ1) is 13.9. The minimum Gasteiger partial charge on any atom is -0.271 e. The van der Waals surface area contributed by atoms with Gasteiger partial charge in [0.05, 0.1) is 21.3 Å². The van der Waals surface area contributed by atoms with Crippen LogP contribution in [0.5, 0.6) is 0 Å². The molecular formula is C11H10BrFN4OS. The number of aromatic nitrogens is 2. The maximum Gasteiger partial charge on any atom is 0.293 e. The summed E-state index contributed by atoms with van der Waals surface area (Å²) in [5, 5.41) is 7.53. The number of rotatable bonds is 3. The molecule has 1 N–H and O–H groups in total. The van der Waals surface area contributed by atoms with E-state index in [-0.39, 0.29) is 10.8 Å². The maximum atomic E-state index is 12.7. The molecule has 0 radical (unpaired) electrons. The molecule has 0 aliphatic carbocycles. The van der Waals surface area contributed by atoms with Gasteiger partial charge in [-0.2, -0.15) is 14.6 Å². The lowest BCUT2D eigenvalue weighted by molar-refractivity contribution is 0.0948. The number of thiophene rings is 1. The van der Waals surface area contributed by atoms with Crippen molar-refractivity contribution < 1.29 is 9.18 Å². The molecular weight excluding hydrogens is 335 g/mol. The van der Waals surface area contributed by atoms with E-state index in [1.807, 2.05) is 6.92 Å². The van der Waals surface area contributed by atoms with Crippen LogP contribution in [0, 0.1) is 12.1 Å². The SMILES string of the molecule is Cc1c(Br)c(C(=O)N/N=C/c2ccc(F)s2)nn1C. The van der Waals surface area contributed by atoms with Gasteiger partial charge in [0, 0.05) is 7.05 Å². The first-order valence-electron chi connectivity index (χ1n) is 5.27. The number of hydrogen-bond donors (Lipinski definition) is 1. The third kappa shape index (κ3) is 3.07. The van der Waals surface area contributed by atoms with Crippen molar-refractivity contribution in [3.05, 3.63) is 38.0 Å². The first-order chi connectivity index (χ1) is 8.99. The molecule has 2 aromatic heterocycles. The second-order valence-corrected chi connectivity index (χ2v) is 5.57. The molecule has 0 spiro atoms. The minimum atomic E-state index is -0.427. The predicted octanol–water partition coefficient (Wildman–Crippen LogP) is 2.46. The van der Waals surface area contributed by atoms with Gasteiger partial charge in [0.1, 0.15) is 0 Å². The number of aryl methyl sites for hydroxylation is 1. The monoisotopic (exact) mass is 344 g/mol. The smallest absolute Gasteiger partial charge is 0.271 e. The second-order valence-electron chi connectivity index (χ2n) is 3.71. The summed E-state index contributed by atoms with van der Waals surface area (Å²) in [6, 6.07) is 2.92. The van der Waals surface area contributed by atoms with Crippen LogP contribution < -0.4 is 5.43 Å². The number of hydrazone groups is 1. The van der Waals surface area contributed by atoms with Crippen LogP contribution in [0.4, 0.5) is 4.39 Å². The van der Waals surface area contributed by atoms with Crippen LogP contribution in [-0.2, 0) is 7.05 Å². The average Bonchev–Trinajstić information content (AvgIpc) is 2.89. The third-order valence-corrected chi connectivity index (χ3v) is 4.19. The van der Waals surface area contributed by atoms with Gasteiger partial charge in [-0.1, -0.05) is 0 Å². The van der Waals surface area contributed by atoms with Crippen LogP contribution in [0.15, 0.2) is 21.7 Å². The lowest BCUT2D eigenvalue weighted by Gasteiger charge is -1.95. The van der Waals surface area contributed by atoms with Gasteiger partial charge in [-0.25, -0.2) is 5.43 Å². The van der Waals surface area contributed by atoms with Crippen molar-refractivity contribution >= 4 is 39.4 Å². The van der Waals surface area contributed by atoms with Gasteiger partial charge in [0.2, 0.25) is 0 Å². The first-order valence-corrected chi connectivity index (χ1v) is 6.88. The predicted molar refractivity (Wildman–Crippen MR) is 75.0 cm³/mol. The number of carbonyl (C=O) groups excluding carboxylic acids is 1. The molecule has 8 heteroatoms. The Hall–Kier alpha value is -1.54. The Morgan fingerprint density at radius 3 is 2.89 bits per heavy atom. The number of carbonyl (C=O) groups is 1. The lowest BCUT2D eigenvalue weighted by atomic mass is 10.3. The number of nitrogens with zero attached hydrogens (tertiary/aromatic N) is 3. The fourth-order valence-corrected chi connectivity index (χ4v) is 2.45. The van der Waals surface area contributed by atoms with Crippen LogP contribution in [-0.4, -0.2) is 21.9 Å². The van der Waals surface area contributed by atoms with Crippen LogP contribution in [0.25, 0.3) is 0 Å². The Morgan fingerprint density at radius 1 is 1.63 bits per heavy atom. The third-order valence-electron chi connectivity index (χ3n) is 2.43. The van der Waals surface area contributed by atoms with E-state index >= 15 is 0 Å². The summed E-state index contributed by atoms with van der Waals surface area (Å²) >= 11 is 4.25. The van der Waals surface area contributed by atoms with Crippen molar-refractivity contribution in [3.8, 4) is 0 Å². The van der Waals surface area contributed by atoms with Gasteiger partial charge < -0.3 is 0 Å². The van der Waals surface area contributed by atoms with Crippen molar-refractivity contribution in [2.45, 2.75) is 6.92 Å². The maximum absolute atomic E-state index is 12.7. The molecule has 0 saturated carbocycles. The molecule has 19 heavy (non-hydrogen) atoms. The van der Waals surface area contributed by atoms with Crippen LogP contribution in [0.3, 0.4) is 0 Å². The van der Waals surface area contributed by atoms with Crippen LogP contribution in [0.1, 0.15) is 21.1 Å². The largest absolute Gasteiger partial charge is 0.293 e. The Labute approximate surface area is 121 Å². The Morgan fingerprint density at radius 2 is 2.37 bits per heavy atom. The lowest BCUT2D eigenvalue weighted by Crippen LogP contribution is -2.18. The van der Waals surface area contributed by atoms with E-state index in [1.165, 1.54) is 12.3 Å². The Balaban J connectivity index is 2.05. The van der Waals surface area contributed by atoms with E-state index in [4.69, 9.17) is 0 Å². The van der Waals surface area contributed by atoms with Gasteiger partial charge in [0.25, 0.3) is 5.91 Å². The molecule has 2 heterocycles. The van der Waals surface area contributed by atoms with Crippen molar-refractivity contribution in [2.24, 2.45) is 12.1 Å². The minimum absolute atomic E-state index is 0.259. The molecule has 0 aromatic carbocycles. The van der Waals surface area contributed by atoms with E-state index in [0.717, 1.165) is 17.0 Å². The van der Waals surface area contributed by atoms with E-state index in [1.54, 1.807) is 17.8 Å². The highest BCUT2D eigenvalue weighted by atomic mass is 79.9. The van der Waals surface area contributed by atoms with Gasteiger partial charge in [-0.15, -0.1) is 11.3 Å². The molecule has 0 unspecified atom stereocenters. The van der Waals surface area contributed by atoms with Crippen molar-refractivity contribution in [1.82, 2.24) is 15.2 Å². The summed E-state index contributed by atoms with van der Waals surface area (Å²) < 4.78 is 15.0. The quantitative estimate of drug-likeness (QED) is 0.686. The molecule has 100 valence electrons. The van der Waals surface area contributed by atoms with Crippen molar-refractivity contribution in [3.63, 3.8) is 0 Å². The molecule has 0 atom stereocenters. The summed E-state index contributed by atoms with van der Waals surface area (Å²) in [7, 11) is 1.74. The zero-order valence-electron chi connectivity index (χ0n) is 10.1. The second kappa shape index (κ2) is 5.62. The summed E-state index contributed by atoms with van der Waals surface area (Å²) in [6.45, 7) is 1.84. The zero-order chi connectivity index (χ0) is 14.0. The van der Waals surface area contributed by atoms with Gasteiger partial charge >= 0.3 is 0 Å².